The normalized spacial score (nSPS) is 12.3. The molecule has 0 saturated heterocycles. The molecule has 0 amide bonds. The molecule has 3 heteroatoms. The largest absolute Gasteiger partial charge is 0.365 e. The van der Waals surface area contributed by atoms with Crippen LogP contribution in [-0.2, 0) is 32.7 Å². The molecule has 1 nitrogen and oxygen atoms in total. The molecular formula is C32H18BNY-2. The third-order valence-corrected chi connectivity index (χ3v) is 7.44. The van der Waals surface area contributed by atoms with Gasteiger partial charge < -0.3 is 4.57 Å². The number of nitrogens with zero attached hydrogens (tertiary/aromatic N) is 1. The monoisotopic (exact) mass is 516 g/mol. The first-order valence-electron chi connectivity index (χ1n) is 11.8. The van der Waals surface area contributed by atoms with Crippen molar-refractivity contribution in [3.8, 4) is 5.69 Å². The predicted octanol–water partition coefficient (Wildman–Crippen LogP) is 5.52. The maximum Gasteiger partial charge on any atom is 0.196 e. The fourth-order valence-electron chi connectivity index (χ4n) is 6.16. The summed E-state index contributed by atoms with van der Waals surface area (Å²) in [6.45, 7) is 0.107. The first kappa shape index (κ1) is 21.1. The van der Waals surface area contributed by atoms with Gasteiger partial charge in [0.25, 0.3) is 0 Å². The van der Waals surface area contributed by atoms with Gasteiger partial charge >= 0.3 is 0 Å². The minimum atomic E-state index is 0. The van der Waals surface area contributed by atoms with E-state index in [2.05, 4.69) is 108 Å². The van der Waals surface area contributed by atoms with Crippen molar-refractivity contribution in [1.29, 1.82) is 0 Å². The van der Waals surface area contributed by atoms with E-state index in [-0.39, 0.29) is 39.4 Å². The number of aromatic nitrogens is 1. The maximum atomic E-state index is 3.62. The van der Waals surface area contributed by atoms with E-state index in [0.717, 1.165) is 0 Å². The summed E-state index contributed by atoms with van der Waals surface area (Å²) in [5, 5.41) is 7.85. The minimum absolute atomic E-state index is 0. The second-order valence-corrected chi connectivity index (χ2v) is 9.11. The summed E-state index contributed by atoms with van der Waals surface area (Å²) in [6, 6.07) is 46.4. The van der Waals surface area contributed by atoms with Gasteiger partial charge in [-0.3, -0.25) is 0 Å². The van der Waals surface area contributed by atoms with Gasteiger partial charge in [0.15, 0.2) is 6.71 Å². The zero-order chi connectivity index (χ0) is 22.2. The second kappa shape index (κ2) is 7.92. The second-order valence-electron chi connectivity index (χ2n) is 9.11. The first-order valence-corrected chi connectivity index (χ1v) is 11.8. The number of hydrogen-bond acceptors (Lipinski definition) is 0. The van der Waals surface area contributed by atoms with Gasteiger partial charge in [0.05, 0.1) is 5.52 Å². The van der Waals surface area contributed by atoms with Crippen molar-refractivity contribution in [1.82, 2.24) is 4.57 Å². The molecule has 0 aliphatic carbocycles. The van der Waals surface area contributed by atoms with Crippen LogP contribution in [0, 0.1) is 12.1 Å². The molecule has 1 radical (unpaired) electrons. The smallest absolute Gasteiger partial charge is 0.196 e. The number of benzene rings is 6. The minimum Gasteiger partial charge on any atom is -0.365 e. The molecule has 159 valence electrons. The Morgan fingerprint density at radius 2 is 1.23 bits per heavy atom. The van der Waals surface area contributed by atoms with Gasteiger partial charge in [-0.1, -0.05) is 72.4 Å². The van der Waals surface area contributed by atoms with E-state index in [9.17, 15) is 0 Å². The average molecular weight is 516 g/mol. The Kier molecular flexibility index (Phi) is 4.78. The fourth-order valence-corrected chi connectivity index (χ4v) is 6.16. The Bertz CT molecular complexity index is 1920. The molecule has 1 aliphatic heterocycles. The fraction of sp³-hybridized carbons (Fsp3) is 0. The van der Waals surface area contributed by atoms with Gasteiger partial charge in [-0.2, -0.15) is 59.5 Å². The molecule has 0 unspecified atom stereocenters. The molecule has 6 aromatic carbocycles. The van der Waals surface area contributed by atoms with Crippen molar-refractivity contribution in [2.24, 2.45) is 0 Å². The summed E-state index contributed by atoms with van der Waals surface area (Å²) in [4.78, 5) is 0. The van der Waals surface area contributed by atoms with Crippen LogP contribution < -0.4 is 16.4 Å². The zero-order valence-electron chi connectivity index (χ0n) is 19.0. The quantitative estimate of drug-likeness (QED) is 0.154. The Morgan fingerprint density at radius 3 is 2.03 bits per heavy atom. The summed E-state index contributed by atoms with van der Waals surface area (Å²) in [5.74, 6) is 0. The molecule has 1 aromatic heterocycles. The molecule has 0 N–H and O–H groups in total. The molecule has 0 atom stereocenters. The third-order valence-electron chi connectivity index (χ3n) is 7.44. The van der Waals surface area contributed by atoms with E-state index in [1.807, 2.05) is 18.2 Å². The standard InChI is InChI=1S/C32H18BN.Y/c1-2-11-21(12-3-1)33-27-18-8-9-20-29(27)34-31-26(17-10-19-28(31)33)30-24-15-6-4-13-22(24)23-14-5-7-16-25(23)32(30)34;/h1-11,13-17,19-20H;/q-2;. The molecule has 7 aromatic rings. The van der Waals surface area contributed by atoms with Gasteiger partial charge in [-0.25, -0.2) is 0 Å². The van der Waals surface area contributed by atoms with Gasteiger partial charge in [0.2, 0.25) is 0 Å². The average Bonchev–Trinajstić information content (AvgIpc) is 3.27. The molecule has 2 heterocycles. The summed E-state index contributed by atoms with van der Waals surface area (Å²) >= 11 is 0. The van der Waals surface area contributed by atoms with Crippen LogP contribution in [-0.4, -0.2) is 11.3 Å². The molecule has 0 spiro atoms. The van der Waals surface area contributed by atoms with Gasteiger partial charge in [-0.15, -0.1) is 6.07 Å². The van der Waals surface area contributed by atoms with Gasteiger partial charge in [0.1, 0.15) is 0 Å². The van der Waals surface area contributed by atoms with Crippen LogP contribution in [0.2, 0.25) is 0 Å². The number of para-hydroxylation sites is 1. The van der Waals surface area contributed by atoms with E-state index in [1.165, 1.54) is 65.4 Å². The zero-order valence-corrected chi connectivity index (χ0v) is 21.8. The molecule has 0 saturated carbocycles. The number of hydrogen-bond donors (Lipinski definition) is 0. The Balaban J connectivity index is 0.00000210. The van der Waals surface area contributed by atoms with Crippen molar-refractivity contribution < 1.29 is 32.7 Å². The molecule has 8 rings (SSSR count). The molecule has 35 heavy (non-hydrogen) atoms. The van der Waals surface area contributed by atoms with Crippen LogP contribution in [0.1, 0.15) is 0 Å². The molecule has 0 fully saturated rings. The number of rotatable bonds is 1. The van der Waals surface area contributed by atoms with Gasteiger partial charge in [0, 0.05) is 54.4 Å². The summed E-state index contributed by atoms with van der Waals surface area (Å²) in [6.07, 6.45) is 0. The summed E-state index contributed by atoms with van der Waals surface area (Å²) in [5.41, 5.74) is 7.51. The van der Waals surface area contributed by atoms with Crippen LogP contribution in [0.5, 0.6) is 0 Å². The first-order chi connectivity index (χ1) is 16.9. The molecule has 1 aliphatic rings. The van der Waals surface area contributed by atoms with Crippen LogP contribution in [0.15, 0.2) is 109 Å². The SMILES string of the molecule is [Y].[c-]1ccccc1B1c2[c-]cccc2-n2c3c1cccc3c1c3ccccc3c3ccccc3c12. The van der Waals surface area contributed by atoms with Gasteiger partial charge in [-0.05, 0) is 21.6 Å². The van der Waals surface area contributed by atoms with Crippen molar-refractivity contribution in [2.75, 3.05) is 0 Å². The third kappa shape index (κ3) is 2.79. The Morgan fingerprint density at radius 1 is 0.543 bits per heavy atom. The van der Waals surface area contributed by atoms with Crippen molar-refractivity contribution in [3.05, 3.63) is 121 Å². The van der Waals surface area contributed by atoms with Crippen molar-refractivity contribution >= 4 is 66.5 Å². The maximum absolute atomic E-state index is 3.62. The predicted molar refractivity (Wildman–Crippen MR) is 145 cm³/mol. The van der Waals surface area contributed by atoms with E-state index in [0.29, 0.717) is 0 Å². The van der Waals surface area contributed by atoms with Crippen LogP contribution in [0.3, 0.4) is 0 Å². The van der Waals surface area contributed by atoms with E-state index < -0.39 is 0 Å². The van der Waals surface area contributed by atoms with E-state index in [4.69, 9.17) is 0 Å². The van der Waals surface area contributed by atoms with E-state index in [1.54, 1.807) is 0 Å². The van der Waals surface area contributed by atoms with Crippen molar-refractivity contribution in [3.63, 3.8) is 0 Å². The Hall–Kier alpha value is -3.19. The summed E-state index contributed by atoms with van der Waals surface area (Å²) in [7, 11) is 0. The van der Waals surface area contributed by atoms with Crippen LogP contribution in [0.4, 0.5) is 0 Å². The van der Waals surface area contributed by atoms with Crippen LogP contribution in [0.25, 0.3) is 49.0 Å². The topological polar surface area (TPSA) is 4.93 Å². The Labute approximate surface area is 229 Å². The summed E-state index contributed by atoms with van der Waals surface area (Å²) < 4.78 is 2.50. The van der Waals surface area contributed by atoms with Crippen LogP contribution >= 0.6 is 0 Å². The molecular weight excluding hydrogens is 498 g/mol. The van der Waals surface area contributed by atoms with E-state index >= 15 is 0 Å². The number of fused-ring (bicyclic) bond motifs is 10. The molecule has 0 bridgehead atoms. The van der Waals surface area contributed by atoms with Crippen molar-refractivity contribution in [2.45, 2.75) is 0 Å².